The molecule has 2 N–H and O–H groups in total. The molecule has 116 valence electrons. The summed E-state index contributed by atoms with van der Waals surface area (Å²) in [6.45, 7) is 3.26. The van der Waals surface area contributed by atoms with Crippen LogP contribution in [-0.2, 0) is 4.74 Å². The molecule has 0 unspecified atom stereocenters. The number of nitrogens with zero attached hydrogens (tertiary/aromatic N) is 1. The van der Waals surface area contributed by atoms with E-state index < -0.39 is 5.82 Å². The van der Waals surface area contributed by atoms with E-state index in [1.54, 1.807) is 13.0 Å². The summed E-state index contributed by atoms with van der Waals surface area (Å²) in [5.41, 5.74) is 2.03. The first kappa shape index (κ1) is 14.7. The highest BCUT2D eigenvalue weighted by atomic mass is 19.1. The zero-order chi connectivity index (χ0) is 15.5. The lowest BCUT2D eigenvalue weighted by Gasteiger charge is -2.20. The minimum atomic E-state index is -0.430. The molecule has 1 saturated heterocycles. The highest BCUT2D eigenvalue weighted by Crippen LogP contribution is 2.26. The molecule has 1 aromatic heterocycles. The zero-order valence-corrected chi connectivity index (χ0v) is 12.4. The van der Waals surface area contributed by atoms with Crippen molar-refractivity contribution >= 4 is 11.7 Å². The predicted octanol–water partition coefficient (Wildman–Crippen LogP) is 3.00. The van der Waals surface area contributed by atoms with Gasteiger partial charge in [0.15, 0.2) is 5.82 Å². The molecular weight excluding hydrogens is 285 g/mol. The molecule has 0 saturated carbocycles. The van der Waals surface area contributed by atoms with Crippen LogP contribution in [0.4, 0.5) is 10.2 Å². The number of carbonyl (C=O) groups excluding carboxylic acids is 1. The molecule has 22 heavy (non-hydrogen) atoms. The minimum Gasteiger partial charge on any atom is -0.381 e. The van der Waals surface area contributed by atoms with Gasteiger partial charge in [-0.05, 0) is 37.5 Å². The molecule has 0 radical (unpaired) electrons. The zero-order valence-electron chi connectivity index (χ0n) is 12.4. The van der Waals surface area contributed by atoms with Crippen LogP contribution in [0.25, 0.3) is 0 Å². The Balaban J connectivity index is 1.71. The van der Waals surface area contributed by atoms with Crippen LogP contribution in [-0.4, -0.2) is 29.3 Å². The normalized spacial score (nSPS) is 15.7. The van der Waals surface area contributed by atoms with E-state index in [4.69, 9.17) is 4.74 Å². The molecule has 2 aromatic rings. The number of nitrogens with one attached hydrogen (secondary N) is 2. The van der Waals surface area contributed by atoms with Crippen molar-refractivity contribution in [3.05, 3.63) is 46.9 Å². The molecule has 1 aliphatic heterocycles. The Morgan fingerprint density at radius 3 is 2.91 bits per heavy atom. The Kier molecular flexibility index (Phi) is 4.20. The number of amides is 1. The summed E-state index contributed by atoms with van der Waals surface area (Å²) in [4.78, 5) is 12.2. The molecule has 1 amide bonds. The van der Waals surface area contributed by atoms with Crippen LogP contribution in [0, 0.1) is 12.7 Å². The number of hydrogen-bond donors (Lipinski definition) is 2. The number of ether oxygens (including phenoxy) is 1. The van der Waals surface area contributed by atoms with Gasteiger partial charge in [-0.2, -0.15) is 5.10 Å². The van der Waals surface area contributed by atoms with E-state index in [0.29, 0.717) is 17.3 Å². The van der Waals surface area contributed by atoms with Crippen molar-refractivity contribution in [3.63, 3.8) is 0 Å². The van der Waals surface area contributed by atoms with E-state index in [0.717, 1.165) is 37.3 Å². The van der Waals surface area contributed by atoms with Crippen LogP contribution in [0.5, 0.6) is 0 Å². The number of aromatic amines is 1. The summed E-state index contributed by atoms with van der Waals surface area (Å²) in [6.07, 6.45) is 1.89. The highest BCUT2D eigenvalue weighted by molar-refractivity contribution is 6.04. The summed E-state index contributed by atoms with van der Waals surface area (Å²) >= 11 is 0. The number of benzene rings is 1. The maximum Gasteiger partial charge on any atom is 0.257 e. The molecule has 1 aromatic carbocycles. The van der Waals surface area contributed by atoms with Crippen molar-refractivity contribution in [3.8, 4) is 0 Å². The van der Waals surface area contributed by atoms with Gasteiger partial charge in [-0.1, -0.05) is 6.07 Å². The van der Waals surface area contributed by atoms with Gasteiger partial charge in [-0.15, -0.1) is 0 Å². The summed E-state index contributed by atoms with van der Waals surface area (Å²) in [7, 11) is 0. The summed E-state index contributed by atoms with van der Waals surface area (Å²) in [5, 5.41) is 9.79. The van der Waals surface area contributed by atoms with Crippen LogP contribution < -0.4 is 5.32 Å². The van der Waals surface area contributed by atoms with Crippen LogP contribution in [0.1, 0.15) is 40.4 Å². The smallest absolute Gasteiger partial charge is 0.257 e. The number of halogens is 1. The number of H-pyrrole nitrogens is 1. The molecule has 0 aliphatic carbocycles. The van der Waals surface area contributed by atoms with E-state index >= 15 is 0 Å². The molecule has 6 heteroatoms. The number of anilines is 1. The molecule has 1 fully saturated rings. The van der Waals surface area contributed by atoms with Crippen molar-refractivity contribution < 1.29 is 13.9 Å². The molecule has 0 spiro atoms. The number of hydrogen-bond acceptors (Lipinski definition) is 3. The predicted molar refractivity (Wildman–Crippen MR) is 80.5 cm³/mol. The fourth-order valence-electron chi connectivity index (χ4n) is 2.64. The SMILES string of the molecule is Cc1ccc(F)cc1C(=O)Nc1cc(C2CCOCC2)[nH]n1. The number of aromatic nitrogens is 2. The van der Waals surface area contributed by atoms with E-state index in [1.807, 2.05) is 6.07 Å². The third-order valence-electron chi connectivity index (χ3n) is 3.94. The number of rotatable bonds is 3. The van der Waals surface area contributed by atoms with Gasteiger partial charge in [0.05, 0.1) is 0 Å². The quantitative estimate of drug-likeness (QED) is 0.916. The van der Waals surface area contributed by atoms with E-state index in [1.165, 1.54) is 12.1 Å². The van der Waals surface area contributed by atoms with Crippen LogP contribution in [0.2, 0.25) is 0 Å². The second kappa shape index (κ2) is 6.27. The van der Waals surface area contributed by atoms with Gasteiger partial charge in [0.1, 0.15) is 5.82 Å². The summed E-state index contributed by atoms with van der Waals surface area (Å²) < 4.78 is 18.6. The van der Waals surface area contributed by atoms with Gasteiger partial charge in [-0.3, -0.25) is 9.89 Å². The maximum absolute atomic E-state index is 13.3. The van der Waals surface area contributed by atoms with E-state index in [-0.39, 0.29) is 5.91 Å². The lowest BCUT2D eigenvalue weighted by atomic mass is 9.97. The van der Waals surface area contributed by atoms with Crippen molar-refractivity contribution in [1.82, 2.24) is 10.2 Å². The lowest BCUT2D eigenvalue weighted by Crippen LogP contribution is -2.14. The maximum atomic E-state index is 13.3. The molecule has 1 aliphatic rings. The van der Waals surface area contributed by atoms with Crippen LogP contribution >= 0.6 is 0 Å². The van der Waals surface area contributed by atoms with Crippen molar-refractivity contribution in [2.45, 2.75) is 25.7 Å². The standard InChI is InChI=1S/C16H18FN3O2/c1-10-2-3-12(17)8-13(10)16(21)18-15-9-14(19-20-15)11-4-6-22-7-5-11/h2-3,8-9,11H,4-7H2,1H3,(H2,18,19,20,21). The lowest BCUT2D eigenvalue weighted by molar-refractivity contribution is 0.0845. The largest absolute Gasteiger partial charge is 0.381 e. The van der Waals surface area contributed by atoms with Gasteiger partial charge < -0.3 is 10.1 Å². The fourth-order valence-corrected chi connectivity index (χ4v) is 2.64. The average molecular weight is 303 g/mol. The second-order valence-electron chi connectivity index (χ2n) is 5.51. The highest BCUT2D eigenvalue weighted by Gasteiger charge is 2.19. The molecule has 0 bridgehead atoms. The first-order valence-electron chi connectivity index (χ1n) is 7.34. The van der Waals surface area contributed by atoms with E-state index in [2.05, 4.69) is 15.5 Å². The first-order valence-corrected chi connectivity index (χ1v) is 7.34. The number of carbonyl (C=O) groups is 1. The minimum absolute atomic E-state index is 0.315. The van der Waals surface area contributed by atoms with Crippen LogP contribution in [0.15, 0.2) is 24.3 Å². The molecule has 2 heterocycles. The Labute approximate surface area is 127 Å². The van der Waals surface area contributed by atoms with Gasteiger partial charge in [0.25, 0.3) is 5.91 Å². The van der Waals surface area contributed by atoms with E-state index in [9.17, 15) is 9.18 Å². The van der Waals surface area contributed by atoms with Gasteiger partial charge in [0, 0.05) is 36.5 Å². The Morgan fingerprint density at radius 2 is 2.14 bits per heavy atom. The topological polar surface area (TPSA) is 67.0 Å². The van der Waals surface area contributed by atoms with Gasteiger partial charge >= 0.3 is 0 Å². The third kappa shape index (κ3) is 3.17. The fraction of sp³-hybridized carbons (Fsp3) is 0.375. The molecular formula is C16H18FN3O2. The Morgan fingerprint density at radius 1 is 1.36 bits per heavy atom. The monoisotopic (exact) mass is 303 g/mol. The van der Waals surface area contributed by atoms with Crippen molar-refractivity contribution in [2.24, 2.45) is 0 Å². The summed E-state index contributed by atoms with van der Waals surface area (Å²) in [5.74, 6) is 0.0423. The van der Waals surface area contributed by atoms with Crippen molar-refractivity contribution in [1.29, 1.82) is 0 Å². The average Bonchev–Trinajstić information content (AvgIpc) is 2.99. The first-order chi connectivity index (χ1) is 10.6. The molecule has 5 nitrogen and oxygen atoms in total. The number of aryl methyl sites for hydroxylation is 1. The van der Waals surface area contributed by atoms with Crippen molar-refractivity contribution in [2.75, 3.05) is 18.5 Å². The third-order valence-corrected chi connectivity index (χ3v) is 3.94. The molecule has 3 rings (SSSR count). The van der Waals surface area contributed by atoms with Gasteiger partial charge in [-0.25, -0.2) is 4.39 Å². The second-order valence-corrected chi connectivity index (χ2v) is 5.51. The summed E-state index contributed by atoms with van der Waals surface area (Å²) in [6, 6.07) is 5.99. The van der Waals surface area contributed by atoms with Crippen LogP contribution in [0.3, 0.4) is 0 Å². The molecule has 0 atom stereocenters. The Hall–Kier alpha value is -2.21. The van der Waals surface area contributed by atoms with Gasteiger partial charge in [0.2, 0.25) is 0 Å². The Bertz CT molecular complexity index is 678.